The molecule has 11 heteroatoms. The number of benzene rings is 2. The highest BCUT2D eigenvalue weighted by molar-refractivity contribution is 8.45. The molecular weight excluding hydrogens is 492 g/mol. The van der Waals surface area contributed by atoms with Gasteiger partial charge in [-0.05, 0) is 79.6 Å². The summed E-state index contributed by atoms with van der Waals surface area (Å²) in [4.78, 5) is 15.0. The maximum atomic E-state index is 13.8. The lowest BCUT2D eigenvalue weighted by atomic mass is 9.69. The Labute approximate surface area is 198 Å². The number of nitrogens with two attached hydrogens (primary N) is 1. The first-order valence-electron chi connectivity index (χ1n) is 11.0. The Hall–Kier alpha value is -2.79. The van der Waals surface area contributed by atoms with Crippen LogP contribution in [0.4, 0.5) is 29.5 Å². The monoisotopic (exact) mass is 517 g/mol. The van der Waals surface area contributed by atoms with Gasteiger partial charge in [0, 0.05) is 22.8 Å². The number of rotatable bonds is 5. The van der Waals surface area contributed by atoms with Crippen LogP contribution in [0.1, 0.15) is 44.1 Å². The van der Waals surface area contributed by atoms with Crippen LogP contribution in [0, 0.1) is 11.7 Å². The van der Waals surface area contributed by atoms with Crippen molar-refractivity contribution in [1.82, 2.24) is 4.98 Å². The van der Waals surface area contributed by atoms with E-state index in [0.29, 0.717) is 31.2 Å². The minimum absolute atomic E-state index is 0.0726. The Morgan fingerprint density at radius 2 is 1.77 bits per heavy atom. The standard InChI is InChI=1S/C24H25F6N3OS/c1-15(23(34)33-18-3-2-4-19(14-18)35(26,27,28,29)30)24(31)10-7-16(8-11-24)20-9-12-32-22-6-5-17(25)13-21(20)22/h2-6,9,12-16H,7-8,10-11,31H2,1H3,(H,33,34). The second-order valence-corrected chi connectivity index (χ2v) is 11.7. The Balaban J connectivity index is 1.47. The molecule has 3 aromatic rings. The molecule has 0 radical (unpaired) electrons. The van der Waals surface area contributed by atoms with Crippen molar-refractivity contribution in [3.05, 3.63) is 66.1 Å². The molecule has 1 unspecified atom stereocenters. The van der Waals surface area contributed by atoms with Gasteiger partial charge in [0.25, 0.3) is 0 Å². The third kappa shape index (κ3) is 5.40. The van der Waals surface area contributed by atoms with Gasteiger partial charge in [-0.15, -0.1) is 0 Å². The molecule has 1 fully saturated rings. The molecule has 1 saturated carbocycles. The minimum Gasteiger partial charge on any atom is -0.326 e. The van der Waals surface area contributed by atoms with Gasteiger partial charge in [0.05, 0.1) is 11.4 Å². The first-order valence-corrected chi connectivity index (χ1v) is 13.0. The predicted molar refractivity (Wildman–Crippen MR) is 125 cm³/mol. The van der Waals surface area contributed by atoms with E-state index in [4.69, 9.17) is 5.73 Å². The number of hydrogen-bond donors (Lipinski definition) is 2. The molecule has 1 amide bonds. The van der Waals surface area contributed by atoms with Crippen molar-refractivity contribution < 1.29 is 28.6 Å². The molecular formula is C24H25F6N3OS. The molecule has 4 rings (SSSR count). The van der Waals surface area contributed by atoms with Gasteiger partial charge in [-0.3, -0.25) is 9.78 Å². The van der Waals surface area contributed by atoms with Crippen molar-refractivity contribution in [1.29, 1.82) is 0 Å². The second kappa shape index (κ2) is 7.86. The quantitative estimate of drug-likeness (QED) is 0.342. The molecule has 0 aliphatic heterocycles. The summed E-state index contributed by atoms with van der Waals surface area (Å²) >= 11 is 0. The van der Waals surface area contributed by atoms with E-state index in [9.17, 15) is 28.6 Å². The Kier molecular flexibility index (Phi) is 5.68. The third-order valence-corrected chi connectivity index (χ3v) is 8.04. The molecule has 1 aliphatic rings. The number of nitrogens with zero attached hydrogens (tertiary/aromatic N) is 1. The number of hydrogen-bond acceptors (Lipinski definition) is 3. The molecule has 4 nitrogen and oxygen atoms in total. The van der Waals surface area contributed by atoms with Crippen molar-refractivity contribution in [2.75, 3.05) is 5.32 Å². The summed E-state index contributed by atoms with van der Waals surface area (Å²) in [6.07, 6.45) is 3.78. The smallest absolute Gasteiger partial charge is 0.310 e. The van der Waals surface area contributed by atoms with Crippen LogP contribution in [0.5, 0.6) is 0 Å². The van der Waals surface area contributed by atoms with Crippen molar-refractivity contribution in [3.63, 3.8) is 0 Å². The van der Waals surface area contributed by atoms with Crippen molar-refractivity contribution in [2.45, 2.75) is 49.0 Å². The van der Waals surface area contributed by atoms with Gasteiger partial charge in [-0.1, -0.05) is 32.4 Å². The second-order valence-electron chi connectivity index (χ2n) is 9.28. The number of carbonyl (C=O) groups excluding carboxylic acids is 1. The van der Waals surface area contributed by atoms with Crippen LogP contribution in [0.15, 0.2) is 59.6 Å². The van der Waals surface area contributed by atoms with E-state index >= 15 is 0 Å². The molecule has 1 aliphatic carbocycles. The lowest BCUT2D eigenvalue weighted by Crippen LogP contribution is -2.52. The van der Waals surface area contributed by atoms with Crippen LogP contribution in [-0.4, -0.2) is 16.4 Å². The van der Waals surface area contributed by atoms with E-state index in [2.05, 4.69) is 10.3 Å². The van der Waals surface area contributed by atoms with Crippen LogP contribution in [0.2, 0.25) is 0 Å². The zero-order valence-electron chi connectivity index (χ0n) is 18.8. The summed E-state index contributed by atoms with van der Waals surface area (Å²) in [7, 11) is -9.87. The van der Waals surface area contributed by atoms with Gasteiger partial charge in [0.1, 0.15) is 10.7 Å². The van der Waals surface area contributed by atoms with Crippen molar-refractivity contribution in [3.8, 4) is 0 Å². The molecule has 2 aromatic carbocycles. The van der Waals surface area contributed by atoms with E-state index in [1.54, 1.807) is 19.2 Å². The molecule has 35 heavy (non-hydrogen) atoms. The van der Waals surface area contributed by atoms with E-state index in [0.717, 1.165) is 23.1 Å². The highest BCUT2D eigenvalue weighted by Crippen LogP contribution is 3.02. The number of amides is 1. The van der Waals surface area contributed by atoms with E-state index < -0.39 is 32.5 Å². The normalized spacial score (nSPS) is 23.8. The first-order chi connectivity index (χ1) is 16.1. The Bertz CT molecular complexity index is 1290. The molecule has 190 valence electrons. The van der Waals surface area contributed by atoms with Crippen LogP contribution < -0.4 is 11.1 Å². The molecule has 0 bridgehead atoms. The van der Waals surface area contributed by atoms with E-state index in [1.165, 1.54) is 12.1 Å². The average Bonchev–Trinajstić information content (AvgIpc) is 2.77. The van der Waals surface area contributed by atoms with Crippen molar-refractivity contribution in [2.24, 2.45) is 11.7 Å². The summed E-state index contributed by atoms with van der Waals surface area (Å²) < 4.78 is 79.4. The van der Waals surface area contributed by atoms with Crippen LogP contribution >= 0.6 is 10.2 Å². The summed E-state index contributed by atoms with van der Waals surface area (Å²) in [6, 6.07) is 8.70. The number of carbonyl (C=O) groups is 1. The number of nitrogens with one attached hydrogen (secondary N) is 1. The Morgan fingerprint density at radius 1 is 1.09 bits per heavy atom. The highest BCUT2D eigenvalue weighted by atomic mass is 32.5. The van der Waals surface area contributed by atoms with Gasteiger partial charge in [-0.2, -0.15) is 0 Å². The largest absolute Gasteiger partial charge is 0.326 e. The molecule has 1 heterocycles. The average molecular weight is 518 g/mol. The number of anilines is 1. The van der Waals surface area contributed by atoms with Crippen LogP contribution in [0.25, 0.3) is 10.9 Å². The molecule has 0 spiro atoms. The minimum atomic E-state index is -9.87. The fourth-order valence-corrected chi connectivity index (χ4v) is 5.41. The number of halogens is 6. The summed E-state index contributed by atoms with van der Waals surface area (Å²) in [5, 5.41) is 3.02. The number of aromatic nitrogens is 1. The maximum absolute atomic E-state index is 13.8. The van der Waals surface area contributed by atoms with Gasteiger partial charge in [0.15, 0.2) is 0 Å². The summed E-state index contributed by atoms with van der Waals surface area (Å²) in [6.45, 7) is 1.57. The van der Waals surface area contributed by atoms with Gasteiger partial charge in [0.2, 0.25) is 5.91 Å². The van der Waals surface area contributed by atoms with E-state index in [-0.39, 0.29) is 29.6 Å². The highest BCUT2D eigenvalue weighted by Gasteiger charge is 2.65. The number of fused-ring (bicyclic) bond motifs is 1. The fourth-order valence-electron chi connectivity index (χ4n) is 4.72. The molecule has 0 saturated heterocycles. The SMILES string of the molecule is CC(C(=O)Nc1cccc(S(F)(F)(F)(F)F)c1)C1(N)CCC(c2ccnc3ccc(F)cc23)CC1. The summed E-state index contributed by atoms with van der Waals surface area (Å²) in [5.74, 6) is -1.74. The van der Waals surface area contributed by atoms with Gasteiger partial charge >= 0.3 is 10.2 Å². The molecule has 3 N–H and O–H groups in total. The molecule has 1 atom stereocenters. The zero-order valence-corrected chi connectivity index (χ0v) is 19.6. The fraction of sp³-hybridized carbons (Fsp3) is 0.333. The van der Waals surface area contributed by atoms with Crippen LogP contribution in [0.3, 0.4) is 0 Å². The lowest BCUT2D eigenvalue weighted by molar-refractivity contribution is -0.121. The first kappa shape index (κ1) is 25.3. The van der Waals surface area contributed by atoms with Crippen LogP contribution in [-0.2, 0) is 4.79 Å². The van der Waals surface area contributed by atoms with Crippen molar-refractivity contribution >= 4 is 32.7 Å². The summed E-state index contributed by atoms with van der Waals surface area (Å²) in [5.41, 5.74) is 6.85. The Morgan fingerprint density at radius 3 is 2.43 bits per heavy atom. The van der Waals surface area contributed by atoms with Gasteiger partial charge in [-0.25, -0.2) is 4.39 Å². The van der Waals surface area contributed by atoms with Gasteiger partial charge < -0.3 is 11.1 Å². The number of pyridine rings is 1. The maximum Gasteiger partial charge on any atom is 0.310 e. The predicted octanol–water partition coefficient (Wildman–Crippen LogP) is 7.66. The topological polar surface area (TPSA) is 68.0 Å². The zero-order chi connectivity index (χ0) is 25.7. The van der Waals surface area contributed by atoms with E-state index in [1.807, 2.05) is 6.07 Å². The molecule has 1 aromatic heterocycles. The lowest BCUT2D eigenvalue weighted by Gasteiger charge is -2.41. The third-order valence-electron chi connectivity index (χ3n) is 6.90.